The zero-order valence-corrected chi connectivity index (χ0v) is 18.9. The van der Waals surface area contributed by atoms with Crippen LogP contribution < -0.4 is 20.7 Å². The van der Waals surface area contributed by atoms with Crippen molar-refractivity contribution in [2.75, 3.05) is 11.9 Å². The van der Waals surface area contributed by atoms with E-state index in [4.69, 9.17) is 16.3 Å². The van der Waals surface area contributed by atoms with Gasteiger partial charge in [-0.1, -0.05) is 23.7 Å². The fourth-order valence-corrected chi connectivity index (χ4v) is 4.09. The van der Waals surface area contributed by atoms with Gasteiger partial charge in [-0.3, -0.25) is 25.0 Å². The average molecular weight is 558 g/mol. The molecule has 0 bridgehead atoms. The molecular formula is C19H12Br2ClN3O5. The number of ether oxygens (including phenoxy) is 1. The van der Waals surface area contributed by atoms with E-state index in [1.807, 2.05) is 10.6 Å². The number of halogens is 3. The van der Waals surface area contributed by atoms with E-state index in [1.54, 1.807) is 36.4 Å². The van der Waals surface area contributed by atoms with Gasteiger partial charge in [-0.05, 0) is 67.8 Å². The molecule has 1 fully saturated rings. The number of nitrogens with one attached hydrogen (secondary N) is 3. The van der Waals surface area contributed by atoms with Crippen molar-refractivity contribution in [1.82, 2.24) is 10.6 Å². The second-order valence-corrected chi connectivity index (χ2v) is 8.04. The Kier molecular flexibility index (Phi) is 6.91. The SMILES string of the molecule is O=C(COc1c(Br)cc(C=C2C(=O)NC(=O)NC2=O)cc1Br)Nc1ccccc1Cl. The number of carbonyl (C=O) groups excluding carboxylic acids is 4. The Morgan fingerprint density at radius 1 is 1.07 bits per heavy atom. The van der Waals surface area contributed by atoms with E-state index in [1.165, 1.54) is 6.08 Å². The smallest absolute Gasteiger partial charge is 0.328 e. The van der Waals surface area contributed by atoms with Crippen LogP contribution in [-0.4, -0.2) is 30.4 Å². The largest absolute Gasteiger partial charge is 0.481 e. The van der Waals surface area contributed by atoms with Crippen LogP contribution in [0.2, 0.25) is 5.02 Å². The van der Waals surface area contributed by atoms with Gasteiger partial charge in [0.15, 0.2) is 6.61 Å². The highest BCUT2D eigenvalue weighted by molar-refractivity contribution is 9.11. The molecule has 2 aromatic rings. The summed E-state index contributed by atoms with van der Waals surface area (Å²) < 4.78 is 6.52. The number of rotatable bonds is 5. The van der Waals surface area contributed by atoms with Crippen molar-refractivity contribution in [3.05, 3.63) is 61.5 Å². The summed E-state index contributed by atoms with van der Waals surface area (Å²) in [5.74, 6) is -1.66. The maximum atomic E-state index is 12.1. The first-order valence-electron chi connectivity index (χ1n) is 8.29. The zero-order valence-electron chi connectivity index (χ0n) is 14.9. The predicted octanol–water partition coefficient (Wildman–Crippen LogP) is 3.63. The molecule has 30 heavy (non-hydrogen) atoms. The number of amides is 5. The lowest BCUT2D eigenvalue weighted by atomic mass is 10.1. The first-order chi connectivity index (χ1) is 14.2. The Hall–Kier alpha value is -2.69. The van der Waals surface area contributed by atoms with Crippen LogP contribution in [-0.2, 0) is 14.4 Å². The minimum absolute atomic E-state index is 0.221. The molecule has 0 atom stereocenters. The first kappa shape index (κ1) is 22.0. The highest BCUT2D eigenvalue weighted by Crippen LogP contribution is 2.35. The molecule has 1 aliphatic heterocycles. The number of para-hydroxylation sites is 1. The summed E-state index contributed by atoms with van der Waals surface area (Å²) in [6.07, 6.45) is 1.32. The molecule has 154 valence electrons. The van der Waals surface area contributed by atoms with Gasteiger partial charge in [-0.25, -0.2) is 4.79 Å². The van der Waals surface area contributed by atoms with Crippen LogP contribution in [0, 0.1) is 0 Å². The molecule has 2 aromatic carbocycles. The Balaban J connectivity index is 1.72. The fourth-order valence-electron chi connectivity index (χ4n) is 2.46. The second kappa shape index (κ2) is 9.41. The Labute approximate surface area is 192 Å². The van der Waals surface area contributed by atoms with E-state index in [0.29, 0.717) is 31.0 Å². The highest BCUT2D eigenvalue weighted by atomic mass is 79.9. The van der Waals surface area contributed by atoms with E-state index >= 15 is 0 Å². The summed E-state index contributed by atoms with van der Waals surface area (Å²) >= 11 is 12.7. The van der Waals surface area contributed by atoms with Gasteiger partial charge in [0.25, 0.3) is 17.7 Å². The summed E-state index contributed by atoms with van der Waals surface area (Å²) in [7, 11) is 0. The first-order valence-corrected chi connectivity index (χ1v) is 10.3. The Bertz CT molecular complexity index is 1060. The molecule has 0 aliphatic carbocycles. The maximum Gasteiger partial charge on any atom is 0.328 e. The highest BCUT2D eigenvalue weighted by Gasteiger charge is 2.27. The van der Waals surface area contributed by atoms with E-state index < -0.39 is 23.8 Å². The van der Waals surface area contributed by atoms with Crippen molar-refractivity contribution in [2.45, 2.75) is 0 Å². The van der Waals surface area contributed by atoms with Gasteiger partial charge >= 0.3 is 6.03 Å². The number of anilines is 1. The normalized spacial score (nSPS) is 13.4. The van der Waals surface area contributed by atoms with Crippen molar-refractivity contribution in [2.24, 2.45) is 0 Å². The second-order valence-electron chi connectivity index (χ2n) is 5.93. The molecule has 0 aromatic heterocycles. The number of hydrogen-bond donors (Lipinski definition) is 3. The van der Waals surface area contributed by atoms with Crippen LogP contribution in [0.5, 0.6) is 5.75 Å². The standard InChI is InChI=1S/C19H12Br2ClN3O5/c20-11-6-9(5-10-17(27)24-19(29)25-18(10)28)7-12(21)16(11)30-8-15(26)23-14-4-2-1-3-13(14)22/h1-7H,8H2,(H,23,26)(H2,24,25,27,28,29). The van der Waals surface area contributed by atoms with Crippen LogP contribution in [0.1, 0.15) is 5.56 Å². The summed E-state index contributed by atoms with van der Waals surface area (Å²) in [5, 5.41) is 7.05. The molecule has 1 heterocycles. The molecule has 0 spiro atoms. The number of benzene rings is 2. The van der Waals surface area contributed by atoms with Gasteiger partial charge in [0, 0.05) is 0 Å². The van der Waals surface area contributed by atoms with Crippen LogP contribution in [0.25, 0.3) is 6.08 Å². The van der Waals surface area contributed by atoms with Gasteiger partial charge in [0.2, 0.25) is 0 Å². The number of urea groups is 1. The number of imide groups is 2. The van der Waals surface area contributed by atoms with Crippen LogP contribution >= 0.6 is 43.5 Å². The van der Waals surface area contributed by atoms with Crippen molar-refractivity contribution in [3.8, 4) is 5.75 Å². The molecule has 1 aliphatic rings. The summed E-state index contributed by atoms with van der Waals surface area (Å²) in [5.41, 5.74) is 0.729. The third-order valence-electron chi connectivity index (χ3n) is 3.77. The Morgan fingerprint density at radius 3 is 2.27 bits per heavy atom. The molecule has 3 N–H and O–H groups in total. The average Bonchev–Trinajstić information content (AvgIpc) is 2.66. The lowest BCUT2D eigenvalue weighted by molar-refractivity contribution is -0.124. The van der Waals surface area contributed by atoms with Gasteiger partial charge < -0.3 is 10.1 Å². The van der Waals surface area contributed by atoms with E-state index in [0.717, 1.165) is 0 Å². The molecule has 8 nitrogen and oxygen atoms in total. The molecule has 3 rings (SSSR count). The van der Waals surface area contributed by atoms with Crippen molar-refractivity contribution < 1.29 is 23.9 Å². The van der Waals surface area contributed by atoms with E-state index in [-0.39, 0.29) is 12.2 Å². The summed E-state index contributed by atoms with van der Waals surface area (Å²) in [6.45, 7) is -0.282. The van der Waals surface area contributed by atoms with Gasteiger partial charge in [0.1, 0.15) is 11.3 Å². The lowest BCUT2D eigenvalue weighted by Gasteiger charge is -2.15. The third kappa shape index (κ3) is 5.26. The van der Waals surface area contributed by atoms with Gasteiger partial charge in [-0.2, -0.15) is 0 Å². The van der Waals surface area contributed by atoms with Crippen LogP contribution in [0.3, 0.4) is 0 Å². The molecule has 5 amide bonds. The fraction of sp³-hybridized carbons (Fsp3) is 0.0526. The van der Waals surface area contributed by atoms with Gasteiger partial charge in [-0.15, -0.1) is 0 Å². The number of barbiturate groups is 1. The number of hydrogen-bond acceptors (Lipinski definition) is 5. The lowest BCUT2D eigenvalue weighted by Crippen LogP contribution is -2.51. The molecular weight excluding hydrogens is 545 g/mol. The summed E-state index contributed by atoms with van der Waals surface area (Å²) in [4.78, 5) is 47.0. The van der Waals surface area contributed by atoms with Gasteiger partial charge in [0.05, 0.1) is 19.7 Å². The summed E-state index contributed by atoms with van der Waals surface area (Å²) in [6, 6.07) is 9.12. The minimum atomic E-state index is -0.872. The van der Waals surface area contributed by atoms with Crippen molar-refractivity contribution >= 4 is 79.0 Å². The maximum absolute atomic E-state index is 12.1. The minimum Gasteiger partial charge on any atom is -0.481 e. The van der Waals surface area contributed by atoms with Crippen LogP contribution in [0.4, 0.5) is 10.5 Å². The topological polar surface area (TPSA) is 114 Å². The van der Waals surface area contributed by atoms with E-state index in [9.17, 15) is 19.2 Å². The monoisotopic (exact) mass is 555 g/mol. The van der Waals surface area contributed by atoms with Crippen molar-refractivity contribution in [1.29, 1.82) is 0 Å². The Morgan fingerprint density at radius 2 is 1.67 bits per heavy atom. The molecule has 0 radical (unpaired) electrons. The predicted molar refractivity (Wildman–Crippen MR) is 117 cm³/mol. The quantitative estimate of drug-likeness (QED) is 0.384. The van der Waals surface area contributed by atoms with Crippen LogP contribution in [0.15, 0.2) is 50.9 Å². The molecule has 0 unspecified atom stereocenters. The molecule has 0 saturated carbocycles. The van der Waals surface area contributed by atoms with E-state index in [2.05, 4.69) is 37.2 Å². The molecule has 11 heteroatoms. The molecule has 1 saturated heterocycles. The zero-order chi connectivity index (χ0) is 21.8. The third-order valence-corrected chi connectivity index (χ3v) is 5.28. The van der Waals surface area contributed by atoms with Crippen molar-refractivity contribution in [3.63, 3.8) is 0 Å². The number of carbonyl (C=O) groups is 4.